The number of fused-ring (bicyclic) bond motifs is 3. The molecule has 0 saturated carbocycles. The summed E-state index contributed by atoms with van der Waals surface area (Å²) >= 11 is 3.15. The first-order valence-electron chi connectivity index (χ1n) is 9.43. The number of carbonyl (C=O) groups is 1. The number of nitrogens with two attached hydrogens (primary N) is 1. The van der Waals surface area contributed by atoms with Gasteiger partial charge in [0, 0.05) is 9.86 Å². The summed E-state index contributed by atoms with van der Waals surface area (Å²) in [6.07, 6.45) is -4.51. The number of hydrogen-bond donors (Lipinski definition) is 2. The van der Waals surface area contributed by atoms with Crippen LogP contribution in [-0.2, 0) is 4.79 Å². The fourth-order valence-electron chi connectivity index (χ4n) is 3.18. The summed E-state index contributed by atoms with van der Waals surface area (Å²) in [7, 11) is 0. The monoisotopic (exact) mass is 508 g/mol. The topological polar surface area (TPSA) is 107 Å². The Labute approximate surface area is 187 Å². The number of nitrogens with zero attached hydrogens (tertiary/aromatic N) is 4. The van der Waals surface area contributed by atoms with Crippen LogP contribution in [0.1, 0.15) is 13.3 Å². The minimum atomic E-state index is -4.90. The normalized spacial score (nSPS) is 12.8. The largest absolute Gasteiger partial charge is 0.573 e. The van der Waals surface area contributed by atoms with Gasteiger partial charge in [0.15, 0.2) is 11.5 Å². The van der Waals surface area contributed by atoms with Crippen LogP contribution in [0.15, 0.2) is 46.9 Å². The van der Waals surface area contributed by atoms with Crippen molar-refractivity contribution >= 4 is 44.3 Å². The molecular weight excluding hydrogens is 493 g/mol. The van der Waals surface area contributed by atoms with Crippen molar-refractivity contribution in [3.63, 3.8) is 0 Å². The number of halogens is 4. The Morgan fingerprint density at radius 3 is 2.69 bits per heavy atom. The maximum atomic E-state index is 13.0. The Morgan fingerprint density at radius 1 is 1.25 bits per heavy atom. The summed E-state index contributed by atoms with van der Waals surface area (Å²) in [4.78, 5) is 20.7. The maximum Gasteiger partial charge on any atom is 0.573 e. The zero-order chi connectivity index (χ0) is 23.0. The molecule has 0 fully saturated rings. The quantitative estimate of drug-likeness (QED) is 0.402. The molecule has 0 aliphatic rings. The summed E-state index contributed by atoms with van der Waals surface area (Å²) in [5.41, 5.74) is 6.37. The van der Waals surface area contributed by atoms with Gasteiger partial charge in [0.05, 0.1) is 11.1 Å². The van der Waals surface area contributed by atoms with Gasteiger partial charge in [-0.15, -0.1) is 18.3 Å². The molecule has 2 aromatic carbocycles. The first-order chi connectivity index (χ1) is 15.2. The van der Waals surface area contributed by atoms with Crippen molar-refractivity contribution in [3.8, 4) is 17.1 Å². The molecule has 0 aliphatic heterocycles. The Balaban J connectivity index is 1.93. The van der Waals surface area contributed by atoms with Crippen LogP contribution < -0.4 is 15.8 Å². The number of rotatable bonds is 6. The number of para-hydroxylation sites is 1. The van der Waals surface area contributed by atoms with Crippen molar-refractivity contribution in [3.05, 3.63) is 46.9 Å². The van der Waals surface area contributed by atoms with Crippen LogP contribution in [0, 0.1) is 0 Å². The van der Waals surface area contributed by atoms with Gasteiger partial charge in [-0.25, -0.2) is 9.97 Å². The Hall–Kier alpha value is -3.41. The van der Waals surface area contributed by atoms with Crippen molar-refractivity contribution in [2.24, 2.45) is 5.73 Å². The predicted octanol–water partition coefficient (Wildman–Crippen LogP) is 4.28. The molecule has 1 unspecified atom stereocenters. The summed E-state index contributed by atoms with van der Waals surface area (Å²) in [5, 5.41) is 7.94. The van der Waals surface area contributed by atoms with Gasteiger partial charge in [0.1, 0.15) is 11.8 Å². The third-order valence-electron chi connectivity index (χ3n) is 4.64. The zero-order valence-corrected chi connectivity index (χ0v) is 18.1. The molecule has 4 rings (SSSR count). The van der Waals surface area contributed by atoms with Gasteiger partial charge in [-0.2, -0.15) is 4.52 Å². The SMILES string of the molecule is CCC(Nc1nc2ccccc2c2nc(-c3ccc(Br)cc3OC(F)(F)F)nn12)C(N)=O. The average molecular weight is 509 g/mol. The van der Waals surface area contributed by atoms with E-state index in [1.165, 1.54) is 16.6 Å². The third-order valence-corrected chi connectivity index (χ3v) is 5.14. The molecule has 0 bridgehead atoms. The van der Waals surface area contributed by atoms with Crippen molar-refractivity contribution in [1.29, 1.82) is 0 Å². The molecule has 8 nitrogen and oxygen atoms in total. The summed E-state index contributed by atoms with van der Waals surface area (Å²) in [6.45, 7) is 1.77. The smallest absolute Gasteiger partial charge is 0.405 e. The van der Waals surface area contributed by atoms with Gasteiger partial charge in [-0.1, -0.05) is 35.0 Å². The highest BCUT2D eigenvalue weighted by Gasteiger charge is 2.33. The van der Waals surface area contributed by atoms with E-state index in [1.807, 2.05) is 0 Å². The van der Waals surface area contributed by atoms with Crippen molar-refractivity contribution in [2.75, 3.05) is 5.32 Å². The minimum absolute atomic E-state index is 0.00919. The van der Waals surface area contributed by atoms with E-state index in [1.54, 1.807) is 37.3 Å². The average Bonchev–Trinajstić information content (AvgIpc) is 3.16. The Bertz CT molecular complexity index is 1320. The van der Waals surface area contributed by atoms with Crippen LogP contribution in [0.25, 0.3) is 27.9 Å². The number of nitrogens with one attached hydrogen (secondary N) is 1. The fraction of sp³-hybridized carbons (Fsp3) is 0.200. The molecule has 3 N–H and O–H groups in total. The Kier molecular flexibility index (Phi) is 5.63. The lowest BCUT2D eigenvalue weighted by molar-refractivity contribution is -0.274. The lowest BCUT2D eigenvalue weighted by Crippen LogP contribution is -2.35. The second kappa shape index (κ2) is 8.26. The van der Waals surface area contributed by atoms with Gasteiger partial charge in [0.25, 0.3) is 0 Å². The second-order valence-electron chi connectivity index (χ2n) is 6.82. The highest BCUT2D eigenvalue weighted by Crippen LogP contribution is 2.35. The molecule has 0 aliphatic carbocycles. The van der Waals surface area contributed by atoms with Crippen LogP contribution in [-0.4, -0.2) is 37.9 Å². The summed E-state index contributed by atoms with van der Waals surface area (Å²) in [6, 6.07) is 10.5. The number of hydrogen-bond acceptors (Lipinski definition) is 6. The maximum absolute atomic E-state index is 13.0. The summed E-state index contributed by atoms with van der Waals surface area (Å²) < 4.78 is 44.8. The number of carbonyl (C=O) groups excluding carboxylic acids is 1. The van der Waals surface area contributed by atoms with Crippen LogP contribution in [0.5, 0.6) is 5.75 Å². The molecule has 12 heteroatoms. The standard InChI is InChI=1S/C20H16BrF3N6O2/c1-2-13(16(25)31)26-19-27-14-6-4-3-5-11(14)18-28-17(29-30(18)19)12-8-7-10(21)9-15(12)32-20(22,23)24/h3-9,13H,2H2,1H3,(H2,25,31)(H,26,27). The van der Waals surface area contributed by atoms with Crippen LogP contribution >= 0.6 is 15.9 Å². The van der Waals surface area contributed by atoms with E-state index in [4.69, 9.17) is 5.73 Å². The minimum Gasteiger partial charge on any atom is -0.405 e. The molecule has 1 atom stereocenters. The van der Waals surface area contributed by atoms with Crippen LogP contribution in [0.2, 0.25) is 0 Å². The molecule has 4 aromatic rings. The number of anilines is 1. The lowest BCUT2D eigenvalue weighted by atomic mass is 10.2. The highest BCUT2D eigenvalue weighted by molar-refractivity contribution is 9.10. The van der Waals surface area contributed by atoms with Gasteiger partial charge in [-0.05, 0) is 36.8 Å². The number of benzene rings is 2. The zero-order valence-electron chi connectivity index (χ0n) is 16.5. The van der Waals surface area contributed by atoms with E-state index in [-0.39, 0.29) is 17.3 Å². The van der Waals surface area contributed by atoms with Gasteiger partial charge >= 0.3 is 6.36 Å². The van der Waals surface area contributed by atoms with E-state index >= 15 is 0 Å². The first kappa shape index (κ1) is 21.8. The van der Waals surface area contributed by atoms with Gasteiger partial charge < -0.3 is 15.8 Å². The van der Waals surface area contributed by atoms with Crippen molar-refractivity contribution < 1.29 is 22.7 Å². The molecule has 1 amide bonds. The number of alkyl halides is 3. The van der Waals surface area contributed by atoms with E-state index in [0.29, 0.717) is 27.4 Å². The van der Waals surface area contributed by atoms with Crippen molar-refractivity contribution in [1.82, 2.24) is 19.6 Å². The third kappa shape index (κ3) is 4.31. The predicted molar refractivity (Wildman–Crippen MR) is 115 cm³/mol. The van der Waals surface area contributed by atoms with Crippen LogP contribution in [0.3, 0.4) is 0 Å². The molecular formula is C20H16BrF3N6O2. The fourth-order valence-corrected chi connectivity index (χ4v) is 3.52. The number of amides is 1. The van der Waals surface area contributed by atoms with E-state index in [9.17, 15) is 18.0 Å². The first-order valence-corrected chi connectivity index (χ1v) is 10.2. The Morgan fingerprint density at radius 2 is 2.00 bits per heavy atom. The molecule has 0 saturated heterocycles. The van der Waals surface area contributed by atoms with Gasteiger partial charge in [-0.3, -0.25) is 4.79 Å². The lowest BCUT2D eigenvalue weighted by Gasteiger charge is -2.15. The van der Waals surface area contributed by atoms with Crippen LogP contribution in [0.4, 0.5) is 19.1 Å². The van der Waals surface area contributed by atoms with E-state index < -0.39 is 24.1 Å². The molecule has 166 valence electrons. The number of aromatic nitrogens is 4. The van der Waals surface area contributed by atoms with E-state index in [2.05, 4.69) is 41.1 Å². The van der Waals surface area contributed by atoms with Crippen molar-refractivity contribution in [2.45, 2.75) is 25.7 Å². The molecule has 32 heavy (non-hydrogen) atoms. The molecule has 0 spiro atoms. The van der Waals surface area contributed by atoms with Gasteiger partial charge in [0.2, 0.25) is 11.9 Å². The number of ether oxygens (including phenoxy) is 1. The summed E-state index contributed by atoms with van der Waals surface area (Å²) in [5.74, 6) is -0.869. The molecule has 2 aromatic heterocycles. The number of primary amides is 1. The molecule has 2 heterocycles. The highest BCUT2D eigenvalue weighted by atomic mass is 79.9. The second-order valence-corrected chi connectivity index (χ2v) is 7.73. The van der Waals surface area contributed by atoms with E-state index in [0.717, 1.165) is 0 Å². The molecule has 0 radical (unpaired) electrons.